The van der Waals surface area contributed by atoms with Crippen molar-refractivity contribution in [1.29, 1.82) is 0 Å². The van der Waals surface area contributed by atoms with Gasteiger partial charge in [-0.25, -0.2) is 0 Å². The van der Waals surface area contributed by atoms with Crippen LogP contribution in [0, 0.1) is 0 Å². The van der Waals surface area contributed by atoms with E-state index in [-0.39, 0.29) is 17.7 Å². The largest absolute Gasteiger partial charge is 0.342 e. The normalized spacial score (nSPS) is 17.2. The Morgan fingerprint density at radius 2 is 2.08 bits per heavy atom. The SMILES string of the molecule is CCCC(=O)N1CCCC(c2nnc(C(=O)Nc3ccc(Cl)cc3)s2)C1. The molecule has 8 heteroatoms. The molecule has 1 aliphatic heterocycles. The summed E-state index contributed by atoms with van der Waals surface area (Å²) in [5.74, 6) is 0.0624. The topological polar surface area (TPSA) is 75.2 Å². The van der Waals surface area contributed by atoms with Crippen LogP contribution in [0.15, 0.2) is 24.3 Å². The smallest absolute Gasteiger partial charge is 0.286 e. The van der Waals surface area contributed by atoms with E-state index in [0.717, 1.165) is 30.8 Å². The van der Waals surface area contributed by atoms with Gasteiger partial charge in [-0.2, -0.15) is 0 Å². The highest BCUT2D eigenvalue weighted by Gasteiger charge is 2.27. The number of likely N-dealkylation sites (tertiary alicyclic amines) is 1. The van der Waals surface area contributed by atoms with Crippen LogP contribution >= 0.6 is 22.9 Å². The molecule has 3 rings (SSSR count). The summed E-state index contributed by atoms with van der Waals surface area (Å²) in [5, 5.41) is 12.8. The summed E-state index contributed by atoms with van der Waals surface area (Å²) in [4.78, 5) is 26.4. The van der Waals surface area contributed by atoms with Gasteiger partial charge in [0.2, 0.25) is 10.9 Å². The highest BCUT2D eigenvalue weighted by atomic mass is 35.5. The van der Waals surface area contributed by atoms with E-state index in [9.17, 15) is 9.59 Å². The third kappa shape index (κ3) is 4.59. The van der Waals surface area contributed by atoms with E-state index < -0.39 is 0 Å². The fourth-order valence-corrected chi connectivity index (χ4v) is 3.98. The number of carbonyl (C=O) groups excluding carboxylic acids is 2. The molecule has 1 unspecified atom stereocenters. The van der Waals surface area contributed by atoms with Crippen LogP contribution in [0.25, 0.3) is 0 Å². The van der Waals surface area contributed by atoms with Gasteiger partial charge in [0.25, 0.3) is 5.91 Å². The Labute approximate surface area is 161 Å². The maximum Gasteiger partial charge on any atom is 0.286 e. The maximum absolute atomic E-state index is 12.4. The number of nitrogens with zero attached hydrogens (tertiary/aromatic N) is 3. The zero-order valence-corrected chi connectivity index (χ0v) is 16.1. The number of rotatable bonds is 5. The van der Waals surface area contributed by atoms with E-state index in [0.29, 0.717) is 28.7 Å². The summed E-state index contributed by atoms with van der Waals surface area (Å²) >= 11 is 7.15. The van der Waals surface area contributed by atoms with Gasteiger partial charge in [0.05, 0.1) is 0 Å². The van der Waals surface area contributed by atoms with Crippen molar-refractivity contribution in [1.82, 2.24) is 15.1 Å². The lowest BCUT2D eigenvalue weighted by Gasteiger charge is -2.31. The first kappa shape index (κ1) is 18.8. The van der Waals surface area contributed by atoms with Crippen molar-refractivity contribution in [2.24, 2.45) is 0 Å². The van der Waals surface area contributed by atoms with Crippen molar-refractivity contribution >= 4 is 40.4 Å². The third-order valence-electron chi connectivity index (χ3n) is 4.32. The molecule has 0 spiro atoms. The molecule has 1 atom stereocenters. The molecule has 2 amide bonds. The molecule has 26 heavy (non-hydrogen) atoms. The van der Waals surface area contributed by atoms with Gasteiger partial charge < -0.3 is 10.2 Å². The lowest BCUT2D eigenvalue weighted by atomic mass is 9.98. The number of anilines is 1. The average molecular weight is 393 g/mol. The number of carbonyl (C=O) groups is 2. The van der Waals surface area contributed by atoms with Crippen molar-refractivity contribution in [3.63, 3.8) is 0 Å². The molecule has 138 valence electrons. The third-order valence-corrected chi connectivity index (χ3v) is 5.66. The molecule has 2 heterocycles. The standard InChI is InChI=1S/C18H21ClN4O2S/c1-2-4-15(24)23-10-3-5-12(11-23)17-21-22-18(26-17)16(25)20-14-8-6-13(19)7-9-14/h6-9,12H,2-5,10-11H2,1H3,(H,20,25). The number of hydrogen-bond donors (Lipinski definition) is 1. The fourth-order valence-electron chi connectivity index (χ4n) is 2.99. The van der Waals surface area contributed by atoms with Crippen LogP contribution in [0.4, 0.5) is 5.69 Å². The van der Waals surface area contributed by atoms with Gasteiger partial charge in [0.1, 0.15) is 5.01 Å². The van der Waals surface area contributed by atoms with Gasteiger partial charge in [-0.05, 0) is 43.5 Å². The molecule has 2 aromatic rings. The molecule has 0 saturated carbocycles. The Kier molecular flexibility index (Phi) is 6.21. The lowest BCUT2D eigenvalue weighted by molar-refractivity contribution is -0.132. The Bertz CT molecular complexity index is 778. The zero-order chi connectivity index (χ0) is 18.5. The molecule has 1 N–H and O–H groups in total. The molecule has 1 fully saturated rings. The van der Waals surface area contributed by atoms with Crippen LogP contribution in [0.5, 0.6) is 0 Å². The van der Waals surface area contributed by atoms with Crippen LogP contribution in [-0.4, -0.2) is 40.0 Å². The summed E-state index contributed by atoms with van der Waals surface area (Å²) in [6.07, 6.45) is 3.35. The quantitative estimate of drug-likeness (QED) is 0.835. The minimum absolute atomic E-state index is 0.152. The highest BCUT2D eigenvalue weighted by Crippen LogP contribution is 2.29. The van der Waals surface area contributed by atoms with Gasteiger partial charge >= 0.3 is 0 Å². The molecule has 1 saturated heterocycles. The van der Waals surface area contributed by atoms with Gasteiger partial charge in [0.15, 0.2) is 0 Å². The van der Waals surface area contributed by atoms with Gasteiger partial charge in [0, 0.05) is 36.1 Å². The van der Waals surface area contributed by atoms with E-state index in [1.165, 1.54) is 11.3 Å². The van der Waals surface area contributed by atoms with E-state index in [1.54, 1.807) is 24.3 Å². The van der Waals surface area contributed by atoms with Crippen molar-refractivity contribution in [3.05, 3.63) is 39.3 Å². The molecule has 1 aliphatic rings. The predicted octanol–water partition coefficient (Wildman–Crippen LogP) is 3.95. The number of benzene rings is 1. The van der Waals surface area contributed by atoms with Crippen molar-refractivity contribution in [2.75, 3.05) is 18.4 Å². The fraction of sp³-hybridized carbons (Fsp3) is 0.444. The minimum atomic E-state index is -0.286. The van der Waals surface area contributed by atoms with E-state index >= 15 is 0 Å². The summed E-state index contributed by atoms with van der Waals surface area (Å²) in [7, 11) is 0. The van der Waals surface area contributed by atoms with Crippen LogP contribution in [0.2, 0.25) is 5.02 Å². The molecular weight excluding hydrogens is 372 g/mol. The lowest BCUT2D eigenvalue weighted by Crippen LogP contribution is -2.38. The van der Waals surface area contributed by atoms with Crippen LogP contribution in [0.1, 0.15) is 53.3 Å². The Balaban J connectivity index is 1.64. The second kappa shape index (κ2) is 8.60. The van der Waals surface area contributed by atoms with Crippen LogP contribution < -0.4 is 5.32 Å². The predicted molar refractivity (Wildman–Crippen MR) is 103 cm³/mol. The van der Waals surface area contributed by atoms with Crippen molar-refractivity contribution < 1.29 is 9.59 Å². The number of hydrogen-bond acceptors (Lipinski definition) is 5. The summed E-state index contributed by atoms with van der Waals surface area (Å²) in [6, 6.07) is 6.90. The van der Waals surface area contributed by atoms with Crippen LogP contribution in [-0.2, 0) is 4.79 Å². The molecule has 0 aliphatic carbocycles. The average Bonchev–Trinajstić information content (AvgIpc) is 3.14. The second-order valence-corrected chi connectivity index (χ2v) is 7.78. The van der Waals surface area contributed by atoms with Gasteiger partial charge in [-0.15, -0.1) is 10.2 Å². The van der Waals surface area contributed by atoms with Gasteiger partial charge in [-0.1, -0.05) is 29.9 Å². The molecule has 1 aromatic heterocycles. The van der Waals surface area contributed by atoms with E-state index in [2.05, 4.69) is 15.5 Å². The minimum Gasteiger partial charge on any atom is -0.342 e. The highest BCUT2D eigenvalue weighted by molar-refractivity contribution is 7.13. The molecular formula is C18H21ClN4O2S. The first-order chi connectivity index (χ1) is 12.6. The molecule has 0 radical (unpaired) electrons. The summed E-state index contributed by atoms with van der Waals surface area (Å²) in [5.41, 5.74) is 0.658. The Morgan fingerprint density at radius 1 is 1.31 bits per heavy atom. The summed E-state index contributed by atoms with van der Waals surface area (Å²) in [6.45, 7) is 3.47. The molecule has 0 bridgehead atoms. The first-order valence-electron chi connectivity index (χ1n) is 8.75. The van der Waals surface area contributed by atoms with Crippen LogP contribution in [0.3, 0.4) is 0 Å². The van der Waals surface area contributed by atoms with Crippen molar-refractivity contribution in [3.8, 4) is 0 Å². The number of amides is 2. The maximum atomic E-state index is 12.4. The summed E-state index contributed by atoms with van der Waals surface area (Å²) < 4.78 is 0. The van der Waals surface area contributed by atoms with Crippen molar-refractivity contribution in [2.45, 2.75) is 38.5 Å². The Morgan fingerprint density at radius 3 is 2.81 bits per heavy atom. The monoisotopic (exact) mass is 392 g/mol. The number of aromatic nitrogens is 2. The Hall–Kier alpha value is -1.99. The first-order valence-corrected chi connectivity index (χ1v) is 9.94. The number of nitrogens with one attached hydrogen (secondary N) is 1. The van der Waals surface area contributed by atoms with E-state index in [1.807, 2.05) is 11.8 Å². The van der Waals surface area contributed by atoms with Gasteiger partial charge in [-0.3, -0.25) is 9.59 Å². The number of piperidine rings is 1. The van der Waals surface area contributed by atoms with E-state index in [4.69, 9.17) is 11.6 Å². The molecule has 1 aromatic carbocycles. The molecule has 6 nitrogen and oxygen atoms in total. The number of halogens is 1. The zero-order valence-electron chi connectivity index (χ0n) is 14.6. The second-order valence-electron chi connectivity index (χ2n) is 6.34.